The standard InChI is InChI=1S/C14H24.C14H10/c2*1-3-7-13-11(5-1)9-10-12-6-2-4-8-14(12)13/h11-14H,1-10H2;1-10H. The Bertz CT molecular complexity index is 847. The van der Waals surface area contributed by atoms with Gasteiger partial charge in [0.1, 0.15) is 0 Å². The van der Waals surface area contributed by atoms with Crippen LogP contribution in [0.5, 0.6) is 0 Å². The SMILES string of the molecule is C1CCC2C(C1)CCC1CCCCC12.c1ccc2c(c1)ccc1ccccc12. The number of fused-ring (bicyclic) bond motifs is 6. The van der Waals surface area contributed by atoms with Crippen LogP contribution in [0.4, 0.5) is 0 Å². The summed E-state index contributed by atoms with van der Waals surface area (Å²) in [5.41, 5.74) is 0. The van der Waals surface area contributed by atoms with Crippen molar-refractivity contribution in [3.63, 3.8) is 0 Å². The topological polar surface area (TPSA) is 0 Å². The summed E-state index contributed by atoms with van der Waals surface area (Å²) in [5, 5.41) is 5.30. The number of hydrogen-bond acceptors (Lipinski definition) is 0. The van der Waals surface area contributed by atoms with Crippen molar-refractivity contribution < 1.29 is 0 Å². The fraction of sp³-hybridized carbons (Fsp3) is 0.500. The number of rotatable bonds is 0. The van der Waals surface area contributed by atoms with Gasteiger partial charge in [0.05, 0.1) is 0 Å². The summed E-state index contributed by atoms with van der Waals surface area (Å²) in [7, 11) is 0. The van der Waals surface area contributed by atoms with Crippen LogP contribution in [-0.2, 0) is 0 Å². The zero-order valence-corrected chi connectivity index (χ0v) is 17.2. The predicted octanol–water partition coefficient (Wildman–Crippen LogP) is 8.39. The molecule has 0 bridgehead atoms. The van der Waals surface area contributed by atoms with Crippen molar-refractivity contribution in [2.45, 2.75) is 64.2 Å². The molecule has 4 atom stereocenters. The Balaban J connectivity index is 0.000000122. The third-order valence-electron chi connectivity index (χ3n) is 8.05. The molecular formula is C28H34. The number of benzene rings is 3. The summed E-state index contributed by atoms with van der Waals surface area (Å²) in [6, 6.07) is 21.4. The fourth-order valence-corrected chi connectivity index (χ4v) is 6.70. The van der Waals surface area contributed by atoms with Crippen molar-refractivity contribution in [3.05, 3.63) is 60.7 Å². The highest BCUT2D eigenvalue weighted by molar-refractivity contribution is 6.07. The van der Waals surface area contributed by atoms with E-state index in [-0.39, 0.29) is 0 Å². The molecule has 3 fully saturated rings. The Morgan fingerprint density at radius 1 is 0.429 bits per heavy atom. The Morgan fingerprint density at radius 3 is 1.36 bits per heavy atom. The molecule has 3 saturated carbocycles. The summed E-state index contributed by atoms with van der Waals surface area (Å²) in [5.74, 6) is 4.65. The van der Waals surface area contributed by atoms with E-state index in [9.17, 15) is 0 Å². The van der Waals surface area contributed by atoms with Gasteiger partial charge in [-0.1, -0.05) is 99.2 Å². The van der Waals surface area contributed by atoms with Crippen molar-refractivity contribution in [1.29, 1.82) is 0 Å². The van der Waals surface area contributed by atoms with Crippen LogP contribution in [0.15, 0.2) is 60.7 Å². The molecule has 0 N–H and O–H groups in total. The van der Waals surface area contributed by atoms with Crippen molar-refractivity contribution >= 4 is 21.5 Å². The molecule has 3 aliphatic carbocycles. The van der Waals surface area contributed by atoms with Gasteiger partial charge < -0.3 is 0 Å². The van der Waals surface area contributed by atoms with Crippen molar-refractivity contribution in [3.8, 4) is 0 Å². The van der Waals surface area contributed by atoms with Crippen LogP contribution in [0.1, 0.15) is 64.2 Å². The molecule has 3 aromatic rings. The van der Waals surface area contributed by atoms with Gasteiger partial charge in [-0.25, -0.2) is 0 Å². The lowest BCUT2D eigenvalue weighted by atomic mass is 9.58. The van der Waals surface area contributed by atoms with Gasteiger partial charge in [0, 0.05) is 0 Å². The van der Waals surface area contributed by atoms with Crippen molar-refractivity contribution in [1.82, 2.24) is 0 Å². The van der Waals surface area contributed by atoms with Crippen LogP contribution in [0, 0.1) is 23.7 Å². The lowest BCUT2D eigenvalue weighted by molar-refractivity contribution is 0.0278. The number of hydrogen-bond donors (Lipinski definition) is 0. The minimum atomic E-state index is 1.16. The first-order valence-corrected chi connectivity index (χ1v) is 11.8. The monoisotopic (exact) mass is 370 g/mol. The van der Waals surface area contributed by atoms with Gasteiger partial charge in [0.15, 0.2) is 0 Å². The first kappa shape index (κ1) is 18.2. The van der Waals surface area contributed by atoms with E-state index < -0.39 is 0 Å². The van der Waals surface area contributed by atoms with E-state index in [1.807, 2.05) is 0 Å². The molecule has 0 amide bonds. The first-order chi connectivity index (χ1) is 13.9. The predicted molar refractivity (Wildman–Crippen MR) is 122 cm³/mol. The first-order valence-electron chi connectivity index (χ1n) is 11.8. The lowest BCUT2D eigenvalue weighted by Gasteiger charge is -2.48. The molecule has 146 valence electrons. The average molecular weight is 371 g/mol. The van der Waals surface area contributed by atoms with Crippen LogP contribution >= 0.6 is 0 Å². The summed E-state index contributed by atoms with van der Waals surface area (Å²) in [6.45, 7) is 0. The third kappa shape index (κ3) is 3.59. The second-order valence-corrected chi connectivity index (χ2v) is 9.50. The second-order valence-electron chi connectivity index (χ2n) is 9.50. The molecule has 0 aliphatic heterocycles. The molecule has 28 heavy (non-hydrogen) atoms. The Kier molecular flexibility index (Phi) is 5.39. The minimum Gasteiger partial charge on any atom is -0.0616 e. The highest BCUT2D eigenvalue weighted by Crippen LogP contribution is 2.51. The molecule has 0 radical (unpaired) electrons. The Labute approximate surface area is 170 Å². The van der Waals surface area contributed by atoms with Crippen LogP contribution in [0.25, 0.3) is 21.5 Å². The summed E-state index contributed by atoms with van der Waals surface area (Å²) in [4.78, 5) is 0. The van der Waals surface area contributed by atoms with Gasteiger partial charge >= 0.3 is 0 Å². The molecule has 4 unspecified atom stereocenters. The molecule has 0 saturated heterocycles. The Hall–Kier alpha value is -1.82. The van der Waals surface area contributed by atoms with E-state index >= 15 is 0 Å². The average Bonchev–Trinajstić information content (AvgIpc) is 2.79. The van der Waals surface area contributed by atoms with Crippen molar-refractivity contribution in [2.75, 3.05) is 0 Å². The van der Waals surface area contributed by atoms with Gasteiger partial charge in [-0.15, -0.1) is 0 Å². The van der Waals surface area contributed by atoms with E-state index in [0.717, 1.165) is 11.8 Å². The Morgan fingerprint density at radius 2 is 0.857 bits per heavy atom. The van der Waals surface area contributed by atoms with E-state index in [4.69, 9.17) is 0 Å². The maximum absolute atomic E-state index is 2.18. The highest BCUT2D eigenvalue weighted by Gasteiger charge is 2.40. The lowest BCUT2D eigenvalue weighted by Crippen LogP contribution is -2.38. The smallest absolute Gasteiger partial charge is 0.0105 e. The molecule has 0 heteroatoms. The molecule has 0 aromatic heterocycles. The minimum absolute atomic E-state index is 1.16. The highest BCUT2D eigenvalue weighted by atomic mass is 14.5. The maximum Gasteiger partial charge on any atom is -0.0105 e. The van der Waals surface area contributed by atoms with E-state index in [2.05, 4.69) is 60.7 Å². The zero-order valence-electron chi connectivity index (χ0n) is 17.2. The van der Waals surface area contributed by atoms with Gasteiger partial charge in [-0.2, -0.15) is 0 Å². The normalized spacial score (nSPS) is 29.4. The summed E-state index contributed by atoms with van der Waals surface area (Å²) >= 11 is 0. The molecule has 3 aliphatic rings. The zero-order chi connectivity index (χ0) is 18.8. The van der Waals surface area contributed by atoms with Gasteiger partial charge in [0.25, 0.3) is 0 Å². The van der Waals surface area contributed by atoms with Gasteiger partial charge in [-0.05, 0) is 70.9 Å². The molecular weight excluding hydrogens is 336 g/mol. The largest absolute Gasteiger partial charge is 0.0616 e. The van der Waals surface area contributed by atoms with Gasteiger partial charge in [-0.3, -0.25) is 0 Å². The van der Waals surface area contributed by atoms with E-state index in [1.54, 1.807) is 64.2 Å². The molecule has 0 nitrogen and oxygen atoms in total. The van der Waals surface area contributed by atoms with Gasteiger partial charge in [0.2, 0.25) is 0 Å². The van der Waals surface area contributed by atoms with Crippen LogP contribution in [0.2, 0.25) is 0 Å². The quantitative estimate of drug-likeness (QED) is 0.348. The molecule has 0 heterocycles. The molecule has 6 rings (SSSR count). The fourth-order valence-electron chi connectivity index (χ4n) is 6.70. The van der Waals surface area contributed by atoms with E-state index in [1.165, 1.54) is 33.4 Å². The third-order valence-corrected chi connectivity index (χ3v) is 8.05. The van der Waals surface area contributed by atoms with Crippen LogP contribution in [-0.4, -0.2) is 0 Å². The van der Waals surface area contributed by atoms with Crippen LogP contribution < -0.4 is 0 Å². The second kappa shape index (κ2) is 8.27. The molecule has 0 spiro atoms. The van der Waals surface area contributed by atoms with E-state index in [0.29, 0.717) is 0 Å². The maximum atomic E-state index is 2.18. The molecule has 3 aromatic carbocycles. The summed E-state index contributed by atoms with van der Waals surface area (Å²) in [6.07, 6.45) is 15.7. The summed E-state index contributed by atoms with van der Waals surface area (Å²) < 4.78 is 0. The van der Waals surface area contributed by atoms with Crippen LogP contribution in [0.3, 0.4) is 0 Å². The van der Waals surface area contributed by atoms with Crippen molar-refractivity contribution in [2.24, 2.45) is 23.7 Å².